The van der Waals surface area contributed by atoms with Crippen molar-refractivity contribution in [3.8, 4) is 0 Å². The maximum atomic E-state index is 13.3. The summed E-state index contributed by atoms with van der Waals surface area (Å²) in [5.41, 5.74) is 2.64. The van der Waals surface area contributed by atoms with Crippen molar-refractivity contribution in [2.45, 2.75) is 82.8 Å². The van der Waals surface area contributed by atoms with Crippen LogP contribution in [-0.2, 0) is 32.7 Å². The van der Waals surface area contributed by atoms with E-state index in [1.807, 2.05) is 0 Å². The van der Waals surface area contributed by atoms with Crippen molar-refractivity contribution in [3.05, 3.63) is 34.9 Å². The highest BCUT2D eigenvalue weighted by Crippen LogP contribution is 2.59. The van der Waals surface area contributed by atoms with Crippen LogP contribution in [0.2, 0.25) is 0 Å². The van der Waals surface area contributed by atoms with E-state index in [-0.39, 0.29) is 29.6 Å². The molecule has 1 saturated heterocycles. The predicted octanol–water partition coefficient (Wildman–Crippen LogP) is 3.84. The molecule has 1 aromatic rings. The number of carbonyl (C=O) groups excluding carboxylic acids is 2. The van der Waals surface area contributed by atoms with E-state index >= 15 is 0 Å². The normalized spacial score (nSPS) is 32.3. The van der Waals surface area contributed by atoms with E-state index < -0.39 is 5.54 Å². The summed E-state index contributed by atoms with van der Waals surface area (Å²) in [5, 5.41) is 3.19. The maximum Gasteiger partial charge on any atom is 0.228 e. The summed E-state index contributed by atoms with van der Waals surface area (Å²) in [5.74, 6) is -0.0368. The zero-order chi connectivity index (χ0) is 19.1. The number of carbonyl (C=O) groups is 2. The molecule has 0 radical (unpaired) electrons. The van der Waals surface area contributed by atoms with E-state index in [1.54, 1.807) is 7.11 Å². The second kappa shape index (κ2) is 7.05. The molecule has 1 heterocycles. The minimum atomic E-state index is -0.807. The van der Waals surface area contributed by atoms with Crippen LogP contribution in [-0.4, -0.2) is 24.9 Å². The molecular weight excluding hydrogens is 338 g/mol. The molecule has 1 amide bonds. The molecule has 27 heavy (non-hydrogen) atoms. The van der Waals surface area contributed by atoms with Gasteiger partial charge in [0.1, 0.15) is 5.54 Å². The van der Waals surface area contributed by atoms with E-state index in [9.17, 15) is 9.59 Å². The van der Waals surface area contributed by atoms with Gasteiger partial charge in [-0.05, 0) is 61.6 Å². The molecule has 146 valence electrons. The summed E-state index contributed by atoms with van der Waals surface area (Å²) in [4.78, 5) is 25.6. The van der Waals surface area contributed by atoms with Crippen LogP contribution in [0.5, 0.6) is 0 Å². The van der Waals surface area contributed by atoms with Gasteiger partial charge < -0.3 is 10.1 Å². The van der Waals surface area contributed by atoms with Crippen LogP contribution in [0, 0.1) is 5.41 Å². The van der Waals surface area contributed by atoms with Crippen LogP contribution in [0.15, 0.2) is 18.2 Å². The molecule has 1 unspecified atom stereocenters. The van der Waals surface area contributed by atoms with Crippen LogP contribution in [0.4, 0.5) is 0 Å². The fourth-order valence-corrected chi connectivity index (χ4v) is 5.82. The Balaban J connectivity index is 1.73. The molecule has 1 N–H and O–H groups in total. The molecule has 1 atom stereocenters. The molecule has 3 aliphatic rings. The molecule has 0 bridgehead atoms. The van der Waals surface area contributed by atoms with Gasteiger partial charge in [-0.25, -0.2) is 0 Å². The topological polar surface area (TPSA) is 55.4 Å². The number of unbranched alkanes of at least 4 members (excludes halogenated alkanes) is 2. The van der Waals surface area contributed by atoms with Crippen molar-refractivity contribution >= 4 is 11.7 Å². The lowest BCUT2D eigenvalue weighted by Gasteiger charge is -2.47. The van der Waals surface area contributed by atoms with Gasteiger partial charge in [0, 0.05) is 12.5 Å². The molecular formula is C23H31NO3. The smallest absolute Gasteiger partial charge is 0.228 e. The number of methoxy groups -OCH3 is 1. The van der Waals surface area contributed by atoms with E-state index in [0.717, 1.165) is 44.1 Å². The Morgan fingerprint density at radius 3 is 2.59 bits per heavy atom. The predicted molar refractivity (Wildman–Crippen MR) is 105 cm³/mol. The third kappa shape index (κ3) is 2.84. The third-order valence-corrected chi connectivity index (χ3v) is 7.26. The lowest BCUT2D eigenvalue weighted by molar-refractivity contribution is -0.129. The minimum absolute atomic E-state index is 0.0228. The molecule has 1 aliphatic heterocycles. The average molecular weight is 370 g/mol. The van der Waals surface area contributed by atoms with Gasteiger partial charge in [-0.3, -0.25) is 9.59 Å². The number of amides is 1. The van der Waals surface area contributed by atoms with Gasteiger partial charge in [0.2, 0.25) is 5.91 Å². The van der Waals surface area contributed by atoms with Crippen molar-refractivity contribution in [1.82, 2.24) is 5.32 Å². The Kier molecular flexibility index (Phi) is 4.87. The van der Waals surface area contributed by atoms with Crippen molar-refractivity contribution in [2.75, 3.05) is 7.11 Å². The van der Waals surface area contributed by atoms with Crippen LogP contribution >= 0.6 is 0 Å². The fourth-order valence-electron chi connectivity index (χ4n) is 5.82. The van der Waals surface area contributed by atoms with Gasteiger partial charge in [0.15, 0.2) is 5.78 Å². The summed E-state index contributed by atoms with van der Waals surface area (Å²) in [7, 11) is 1.77. The first-order valence-corrected chi connectivity index (χ1v) is 10.5. The van der Waals surface area contributed by atoms with Crippen LogP contribution in [0.1, 0.15) is 75.0 Å². The lowest BCUT2D eigenvalue weighted by Crippen LogP contribution is -2.56. The SMILES string of the molecule is CCCCCc1ccc2c(c1)C1(NC(=O)CC1=O)C1(CCC(OC)CC1)C2. The molecule has 2 spiro atoms. The fraction of sp³-hybridized carbons (Fsp3) is 0.652. The average Bonchev–Trinajstić information content (AvgIpc) is 3.11. The van der Waals surface area contributed by atoms with E-state index in [2.05, 4.69) is 30.4 Å². The Bertz CT molecular complexity index is 748. The molecule has 4 rings (SSSR count). The van der Waals surface area contributed by atoms with Crippen LogP contribution in [0.25, 0.3) is 0 Å². The largest absolute Gasteiger partial charge is 0.381 e. The molecule has 1 saturated carbocycles. The van der Waals surface area contributed by atoms with Gasteiger partial charge in [-0.15, -0.1) is 0 Å². The Hall–Kier alpha value is -1.68. The van der Waals surface area contributed by atoms with Gasteiger partial charge in [-0.1, -0.05) is 38.0 Å². The maximum absolute atomic E-state index is 13.3. The van der Waals surface area contributed by atoms with Gasteiger partial charge in [-0.2, -0.15) is 0 Å². The summed E-state index contributed by atoms with van der Waals surface area (Å²) in [6, 6.07) is 6.67. The molecule has 4 heteroatoms. The van der Waals surface area contributed by atoms with E-state index in [0.29, 0.717) is 0 Å². The number of nitrogens with one attached hydrogen (secondary N) is 1. The number of rotatable bonds is 5. The number of fused-ring (bicyclic) bond motifs is 3. The summed E-state index contributed by atoms with van der Waals surface area (Å²) in [6.07, 6.45) is 9.59. The quantitative estimate of drug-likeness (QED) is 0.634. The number of Topliss-reactive ketones (excluding diaryl/α,β-unsaturated/α-hetero) is 1. The second-order valence-corrected chi connectivity index (χ2v) is 8.74. The Morgan fingerprint density at radius 2 is 1.96 bits per heavy atom. The molecule has 2 fully saturated rings. The van der Waals surface area contributed by atoms with Crippen molar-refractivity contribution in [3.63, 3.8) is 0 Å². The second-order valence-electron chi connectivity index (χ2n) is 8.74. The number of benzene rings is 1. The summed E-state index contributed by atoms with van der Waals surface area (Å²) < 4.78 is 5.57. The lowest BCUT2D eigenvalue weighted by atomic mass is 9.60. The first-order valence-electron chi connectivity index (χ1n) is 10.5. The number of ether oxygens (including phenoxy) is 1. The summed E-state index contributed by atoms with van der Waals surface area (Å²) in [6.45, 7) is 2.21. The third-order valence-electron chi connectivity index (χ3n) is 7.26. The highest BCUT2D eigenvalue weighted by Gasteiger charge is 2.65. The Morgan fingerprint density at radius 1 is 1.19 bits per heavy atom. The number of hydrogen-bond donors (Lipinski definition) is 1. The first kappa shape index (κ1) is 18.7. The zero-order valence-corrected chi connectivity index (χ0v) is 16.6. The Labute approximate surface area is 162 Å². The summed E-state index contributed by atoms with van der Waals surface area (Å²) >= 11 is 0. The molecule has 0 aromatic heterocycles. The highest BCUT2D eigenvalue weighted by atomic mass is 16.5. The standard InChI is InChI=1S/C23H31NO3/c1-3-4-5-6-16-7-8-17-15-22(11-9-18(27-2)10-12-22)23(19(17)13-16)20(25)14-21(26)24-23/h7-8,13,18H,3-6,9-12,14-15H2,1-2H3,(H,24,26). The number of aryl methyl sites for hydroxylation is 1. The first-order chi connectivity index (χ1) is 13.0. The number of ketones is 1. The van der Waals surface area contributed by atoms with Gasteiger partial charge in [0.05, 0.1) is 12.5 Å². The zero-order valence-electron chi connectivity index (χ0n) is 16.6. The molecule has 4 nitrogen and oxygen atoms in total. The van der Waals surface area contributed by atoms with Crippen molar-refractivity contribution < 1.29 is 14.3 Å². The molecule has 1 aromatic carbocycles. The van der Waals surface area contributed by atoms with Crippen molar-refractivity contribution in [1.29, 1.82) is 0 Å². The number of hydrogen-bond acceptors (Lipinski definition) is 3. The van der Waals surface area contributed by atoms with E-state index in [1.165, 1.54) is 30.4 Å². The minimum Gasteiger partial charge on any atom is -0.381 e. The monoisotopic (exact) mass is 369 g/mol. The van der Waals surface area contributed by atoms with Gasteiger partial charge in [0.25, 0.3) is 0 Å². The van der Waals surface area contributed by atoms with Crippen molar-refractivity contribution in [2.24, 2.45) is 5.41 Å². The van der Waals surface area contributed by atoms with E-state index in [4.69, 9.17) is 4.74 Å². The molecule has 2 aliphatic carbocycles. The highest BCUT2D eigenvalue weighted by molar-refractivity contribution is 6.11. The van der Waals surface area contributed by atoms with Crippen LogP contribution in [0.3, 0.4) is 0 Å². The van der Waals surface area contributed by atoms with Crippen LogP contribution < -0.4 is 5.32 Å². The van der Waals surface area contributed by atoms with Gasteiger partial charge >= 0.3 is 0 Å².